The van der Waals surface area contributed by atoms with E-state index < -0.39 is 4.92 Å². The minimum Gasteiger partial charge on any atom is -0.490 e. The summed E-state index contributed by atoms with van der Waals surface area (Å²) in [6, 6.07) is 2.60. The zero-order chi connectivity index (χ0) is 14.0. The predicted octanol–water partition coefficient (Wildman–Crippen LogP) is 1.21. The molecule has 1 heterocycles. The van der Waals surface area contributed by atoms with Gasteiger partial charge in [-0.2, -0.15) is 5.10 Å². The molecule has 0 saturated carbocycles. The average molecular weight is 262 g/mol. The van der Waals surface area contributed by atoms with Crippen LogP contribution >= 0.6 is 0 Å². The molecule has 2 aromatic rings. The summed E-state index contributed by atoms with van der Waals surface area (Å²) in [5, 5.41) is 15.1. The molecule has 0 spiro atoms. The number of carbonyl (C=O) groups excluding carboxylic acids is 1. The third kappa shape index (κ3) is 2.28. The number of rotatable bonds is 4. The molecule has 1 aromatic carbocycles. The zero-order valence-corrected chi connectivity index (χ0v) is 10.2. The second kappa shape index (κ2) is 4.84. The summed E-state index contributed by atoms with van der Waals surface area (Å²) in [7, 11) is 2.98. The fraction of sp³-hybridized carbons (Fsp3) is 0.182. The van der Waals surface area contributed by atoms with E-state index in [1.54, 1.807) is 7.05 Å². The van der Waals surface area contributed by atoms with Crippen LogP contribution in [0.3, 0.4) is 0 Å². The molecule has 0 aliphatic heterocycles. The number of hydrogen-bond acceptors (Lipinski definition) is 6. The van der Waals surface area contributed by atoms with Crippen molar-refractivity contribution >= 4 is 12.0 Å². The largest absolute Gasteiger partial charge is 0.490 e. The predicted molar refractivity (Wildman–Crippen MR) is 65.0 cm³/mol. The van der Waals surface area contributed by atoms with Gasteiger partial charge in [0.15, 0.2) is 5.82 Å². The van der Waals surface area contributed by atoms with Gasteiger partial charge in [-0.15, -0.1) is 0 Å². The summed E-state index contributed by atoms with van der Waals surface area (Å²) < 4.78 is 6.51. The van der Waals surface area contributed by atoms with E-state index in [2.05, 4.69) is 10.1 Å². The SMILES string of the molecule is COc1c(-c2ncn(C)n2)cc(C=O)cc1[N+](=O)[O-]. The minimum absolute atomic E-state index is 0.0294. The molecule has 8 heteroatoms. The number of aromatic nitrogens is 3. The summed E-state index contributed by atoms with van der Waals surface area (Å²) in [4.78, 5) is 25.3. The maximum atomic E-state index is 11.0. The highest BCUT2D eigenvalue weighted by atomic mass is 16.6. The summed E-state index contributed by atoms with van der Waals surface area (Å²) >= 11 is 0. The average Bonchev–Trinajstić information content (AvgIpc) is 2.83. The molecule has 0 atom stereocenters. The first-order valence-corrected chi connectivity index (χ1v) is 5.24. The van der Waals surface area contributed by atoms with Gasteiger partial charge in [0.2, 0.25) is 5.75 Å². The molecule has 0 fully saturated rings. The van der Waals surface area contributed by atoms with E-state index in [9.17, 15) is 14.9 Å². The van der Waals surface area contributed by atoms with E-state index >= 15 is 0 Å². The van der Waals surface area contributed by atoms with E-state index in [-0.39, 0.29) is 22.8 Å². The second-order valence-electron chi connectivity index (χ2n) is 3.74. The molecule has 0 radical (unpaired) electrons. The maximum Gasteiger partial charge on any atom is 0.312 e. The molecule has 0 saturated heterocycles. The number of aryl methyl sites for hydroxylation is 1. The minimum atomic E-state index is -0.613. The standard InChI is InChI=1S/C11H10N4O4/c1-14-6-12-11(13-14)8-3-7(5-16)4-9(15(17)18)10(8)19-2/h3-6H,1-2H3. The topological polar surface area (TPSA) is 100 Å². The summed E-state index contributed by atoms with van der Waals surface area (Å²) in [5.41, 5.74) is 0.170. The van der Waals surface area contributed by atoms with Gasteiger partial charge in [-0.25, -0.2) is 4.98 Å². The lowest BCUT2D eigenvalue weighted by Crippen LogP contribution is -1.99. The van der Waals surface area contributed by atoms with Gasteiger partial charge < -0.3 is 4.74 Å². The number of ether oxygens (including phenoxy) is 1. The Morgan fingerprint density at radius 1 is 1.47 bits per heavy atom. The Balaban J connectivity index is 2.73. The number of hydrogen-bond donors (Lipinski definition) is 0. The molecule has 2 rings (SSSR count). The van der Waals surface area contributed by atoms with Gasteiger partial charge in [0.1, 0.15) is 12.6 Å². The Kier molecular flexibility index (Phi) is 3.23. The first kappa shape index (κ1) is 12.7. The molecule has 0 amide bonds. The van der Waals surface area contributed by atoms with E-state index in [0.717, 1.165) is 6.07 Å². The molecule has 0 unspecified atom stereocenters. The molecule has 0 N–H and O–H groups in total. The monoisotopic (exact) mass is 262 g/mol. The Hall–Kier alpha value is -2.77. The molecular weight excluding hydrogens is 252 g/mol. The lowest BCUT2D eigenvalue weighted by Gasteiger charge is -2.07. The van der Waals surface area contributed by atoms with Crippen LogP contribution in [0.15, 0.2) is 18.5 Å². The van der Waals surface area contributed by atoms with Crippen molar-refractivity contribution in [3.63, 3.8) is 0 Å². The molecule has 8 nitrogen and oxygen atoms in total. The van der Waals surface area contributed by atoms with Gasteiger partial charge in [-0.1, -0.05) is 0 Å². The van der Waals surface area contributed by atoms with E-state index in [0.29, 0.717) is 11.8 Å². The van der Waals surface area contributed by atoms with Crippen LogP contribution in [0.25, 0.3) is 11.4 Å². The quantitative estimate of drug-likeness (QED) is 0.466. The maximum absolute atomic E-state index is 11.0. The van der Waals surface area contributed by atoms with Crippen molar-refractivity contribution in [2.45, 2.75) is 0 Å². The van der Waals surface area contributed by atoms with Gasteiger partial charge in [0.05, 0.1) is 17.6 Å². The molecule has 19 heavy (non-hydrogen) atoms. The van der Waals surface area contributed by atoms with Crippen molar-refractivity contribution in [2.24, 2.45) is 7.05 Å². The van der Waals surface area contributed by atoms with Crippen LogP contribution < -0.4 is 4.74 Å². The van der Waals surface area contributed by atoms with Crippen LogP contribution in [0.1, 0.15) is 10.4 Å². The second-order valence-corrected chi connectivity index (χ2v) is 3.74. The molecule has 98 valence electrons. The number of benzene rings is 1. The van der Waals surface area contributed by atoms with Gasteiger partial charge in [-0.3, -0.25) is 19.6 Å². The van der Waals surface area contributed by atoms with Crippen LogP contribution in [0, 0.1) is 10.1 Å². The smallest absolute Gasteiger partial charge is 0.312 e. The summed E-state index contributed by atoms with van der Waals surface area (Å²) in [5.74, 6) is 0.285. The van der Waals surface area contributed by atoms with E-state index in [4.69, 9.17) is 4.74 Å². The van der Waals surface area contributed by atoms with Crippen molar-refractivity contribution in [1.29, 1.82) is 0 Å². The molecular formula is C11H10N4O4. The molecule has 0 bridgehead atoms. The van der Waals surface area contributed by atoms with Crippen molar-refractivity contribution < 1.29 is 14.5 Å². The number of aldehydes is 1. The van der Waals surface area contributed by atoms with Crippen LogP contribution in [0.5, 0.6) is 5.75 Å². The van der Waals surface area contributed by atoms with Crippen LogP contribution in [-0.2, 0) is 7.05 Å². The van der Waals surface area contributed by atoms with Gasteiger partial charge in [-0.05, 0) is 6.07 Å². The molecule has 0 aliphatic carbocycles. The van der Waals surface area contributed by atoms with Gasteiger partial charge in [0, 0.05) is 18.7 Å². The summed E-state index contributed by atoms with van der Waals surface area (Å²) in [6.45, 7) is 0. The lowest BCUT2D eigenvalue weighted by atomic mass is 10.1. The highest BCUT2D eigenvalue weighted by molar-refractivity contribution is 5.83. The zero-order valence-electron chi connectivity index (χ0n) is 10.2. The fourth-order valence-corrected chi connectivity index (χ4v) is 1.68. The van der Waals surface area contributed by atoms with Gasteiger partial charge >= 0.3 is 5.69 Å². The van der Waals surface area contributed by atoms with Crippen molar-refractivity contribution in [3.8, 4) is 17.1 Å². The Labute approximate surface area is 107 Å². The van der Waals surface area contributed by atoms with E-state index in [1.807, 2.05) is 0 Å². The van der Waals surface area contributed by atoms with Gasteiger partial charge in [0.25, 0.3) is 0 Å². The van der Waals surface area contributed by atoms with Crippen molar-refractivity contribution in [2.75, 3.05) is 7.11 Å². The Morgan fingerprint density at radius 2 is 2.21 bits per heavy atom. The first-order chi connectivity index (χ1) is 9.06. The Morgan fingerprint density at radius 3 is 2.68 bits per heavy atom. The summed E-state index contributed by atoms with van der Waals surface area (Å²) in [6.07, 6.45) is 1.98. The number of carbonyl (C=O) groups is 1. The normalized spacial score (nSPS) is 10.2. The number of methoxy groups -OCH3 is 1. The lowest BCUT2D eigenvalue weighted by molar-refractivity contribution is -0.385. The fourth-order valence-electron chi connectivity index (χ4n) is 1.68. The first-order valence-electron chi connectivity index (χ1n) is 5.24. The third-order valence-corrected chi connectivity index (χ3v) is 2.47. The highest BCUT2D eigenvalue weighted by Crippen LogP contribution is 2.37. The number of nitro benzene ring substituents is 1. The third-order valence-electron chi connectivity index (χ3n) is 2.47. The van der Waals surface area contributed by atoms with Crippen LogP contribution in [0.4, 0.5) is 5.69 Å². The highest BCUT2D eigenvalue weighted by Gasteiger charge is 2.23. The molecule has 0 aliphatic rings. The van der Waals surface area contributed by atoms with Crippen molar-refractivity contribution in [1.82, 2.24) is 14.8 Å². The number of nitrogens with zero attached hydrogens (tertiary/aromatic N) is 4. The van der Waals surface area contributed by atoms with E-state index in [1.165, 1.54) is 24.2 Å². The Bertz CT molecular complexity index is 650. The molecule has 1 aromatic heterocycles. The van der Waals surface area contributed by atoms with Crippen LogP contribution in [0.2, 0.25) is 0 Å². The van der Waals surface area contributed by atoms with Crippen molar-refractivity contribution in [3.05, 3.63) is 34.1 Å². The van der Waals surface area contributed by atoms with Crippen LogP contribution in [-0.4, -0.2) is 33.1 Å². The number of nitro groups is 1.